The molecule has 60 valence electrons. The van der Waals surface area contributed by atoms with Crippen molar-refractivity contribution in [3.8, 4) is 11.5 Å². The minimum atomic E-state index is -1.08. The molecule has 1 aromatic rings. The molecule has 0 unspecified atom stereocenters. The molecule has 0 amide bonds. The predicted molar refractivity (Wildman–Crippen MR) is 34.6 cm³/mol. The van der Waals surface area contributed by atoms with Crippen LogP contribution in [-0.4, -0.2) is 12.2 Å². The van der Waals surface area contributed by atoms with Gasteiger partial charge < -0.3 is 9.84 Å². The number of hydrogen-bond acceptors (Lipinski definition) is 2. The second kappa shape index (κ2) is 2.74. The van der Waals surface area contributed by atoms with Crippen LogP contribution in [0.15, 0.2) is 12.1 Å². The fourth-order valence-corrected chi connectivity index (χ4v) is 0.680. The SMILES string of the molecule is COc1ccc(F)c(O)c1F. The fourth-order valence-electron chi connectivity index (χ4n) is 0.680. The molecular weight excluding hydrogens is 154 g/mol. The van der Waals surface area contributed by atoms with Crippen molar-refractivity contribution in [3.05, 3.63) is 23.8 Å². The number of benzene rings is 1. The van der Waals surface area contributed by atoms with E-state index < -0.39 is 17.4 Å². The molecule has 0 fully saturated rings. The van der Waals surface area contributed by atoms with Gasteiger partial charge >= 0.3 is 0 Å². The Labute approximate surface area is 62.0 Å². The number of aromatic hydroxyl groups is 1. The summed E-state index contributed by atoms with van der Waals surface area (Å²) in [5, 5.41) is 8.69. The molecule has 0 atom stereocenters. The molecule has 0 heterocycles. The minimum Gasteiger partial charge on any atom is -0.503 e. The van der Waals surface area contributed by atoms with Crippen molar-refractivity contribution in [1.82, 2.24) is 0 Å². The highest BCUT2D eigenvalue weighted by molar-refractivity contribution is 5.35. The minimum absolute atomic E-state index is 0.177. The summed E-state index contributed by atoms with van der Waals surface area (Å²) in [6, 6.07) is 2.03. The van der Waals surface area contributed by atoms with Gasteiger partial charge in [0.15, 0.2) is 17.3 Å². The van der Waals surface area contributed by atoms with Gasteiger partial charge in [0.1, 0.15) is 0 Å². The zero-order valence-electron chi connectivity index (χ0n) is 5.77. The normalized spacial score (nSPS) is 9.73. The maximum Gasteiger partial charge on any atom is 0.209 e. The van der Waals surface area contributed by atoms with E-state index in [0.717, 1.165) is 12.1 Å². The third kappa shape index (κ3) is 1.24. The van der Waals surface area contributed by atoms with Crippen molar-refractivity contribution >= 4 is 0 Å². The van der Waals surface area contributed by atoms with Crippen LogP contribution in [0.2, 0.25) is 0 Å². The standard InChI is InChI=1S/C7H6F2O2/c1-11-5-3-2-4(8)7(10)6(5)9/h2-3,10H,1H3. The lowest BCUT2D eigenvalue weighted by molar-refractivity contribution is 0.350. The molecule has 4 heteroatoms. The van der Waals surface area contributed by atoms with Crippen LogP contribution in [0.3, 0.4) is 0 Å². The van der Waals surface area contributed by atoms with Crippen molar-refractivity contribution in [2.24, 2.45) is 0 Å². The number of hydrogen-bond donors (Lipinski definition) is 1. The van der Waals surface area contributed by atoms with E-state index in [1.54, 1.807) is 0 Å². The Morgan fingerprint density at radius 1 is 1.36 bits per heavy atom. The first-order valence-electron chi connectivity index (χ1n) is 2.87. The van der Waals surface area contributed by atoms with Crippen LogP contribution in [-0.2, 0) is 0 Å². The van der Waals surface area contributed by atoms with Gasteiger partial charge in [-0.3, -0.25) is 0 Å². The van der Waals surface area contributed by atoms with Gasteiger partial charge in [-0.05, 0) is 12.1 Å². The van der Waals surface area contributed by atoms with E-state index in [1.807, 2.05) is 0 Å². The van der Waals surface area contributed by atoms with E-state index in [-0.39, 0.29) is 5.75 Å². The molecule has 1 N–H and O–H groups in total. The largest absolute Gasteiger partial charge is 0.503 e. The zero-order valence-corrected chi connectivity index (χ0v) is 5.77. The van der Waals surface area contributed by atoms with E-state index in [9.17, 15) is 8.78 Å². The number of ether oxygens (including phenoxy) is 1. The van der Waals surface area contributed by atoms with Crippen LogP contribution in [0.25, 0.3) is 0 Å². The second-order valence-electron chi connectivity index (χ2n) is 1.91. The summed E-state index contributed by atoms with van der Waals surface area (Å²) >= 11 is 0. The Morgan fingerprint density at radius 3 is 2.55 bits per heavy atom. The highest BCUT2D eigenvalue weighted by Crippen LogP contribution is 2.27. The first-order valence-corrected chi connectivity index (χ1v) is 2.87. The monoisotopic (exact) mass is 160 g/mol. The molecule has 0 saturated carbocycles. The van der Waals surface area contributed by atoms with E-state index in [2.05, 4.69) is 4.74 Å². The Kier molecular flexibility index (Phi) is 1.94. The molecule has 1 rings (SSSR count). The quantitative estimate of drug-likeness (QED) is 0.677. The van der Waals surface area contributed by atoms with Crippen molar-refractivity contribution < 1.29 is 18.6 Å². The van der Waals surface area contributed by atoms with Gasteiger partial charge in [0, 0.05) is 0 Å². The molecule has 0 radical (unpaired) electrons. The maximum absolute atomic E-state index is 12.6. The average molecular weight is 160 g/mol. The number of phenolic OH excluding ortho intramolecular Hbond substituents is 1. The number of halogens is 2. The number of rotatable bonds is 1. The van der Waals surface area contributed by atoms with Crippen LogP contribution in [0.1, 0.15) is 0 Å². The van der Waals surface area contributed by atoms with Gasteiger partial charge in [0.2, 0.25) is 5.82 Å². The highest BCUT2D eigenvalue weighted by atomic mass is 19.1. The Balaban J connectivity index is 3.25. The molecule has 2 nitrogen and oxygen atoms in total. The summed E-state index contributed by atoms with van der Waals surface area (Å²) < 4.78 is 29.5. The number of methoxy groups -OCH3 is 1. The van der Waals surface area contributed by atoms with Gasteiger partial charge in [-0.1, -0.05) is 0 Å². The lowest BCUT2D eigenvalue weighted by Crippen LogP contribution is -1.89. The zero-order chi connectivity index (χ0) is 8.43. The van der Waals surface area contributed by atoms with Crippen LogP contribution in [0.4, 0.5) is 8.78 Å². The maximum atomic E-state index is 12.6. The van der Waals surface area contributed by atoms with Gasteiger partial charge in [-0.25, -0.2) is 4.39 Å². The third-order valence-electron chi connectivity index (χ3n) is 1.25. The summed E-state index contributed by atoms with van der Waals surface area (Å²) in [4.78, 5) is 0. The smallest absolute Gasteiger partial charge is 0.209 e. The Bertz CT molecular complexity index is 273. The van der Waals surface area contributed by atoms with Gasteiger partial charge in [-0.15, -0.1) is 0 Å². The summed E-state index contributed by atoms with van der Waals surface area (Å²) in [6.45, 7) is 0. The van der Waals surface area contributed by atoms with E-state index in [4.69, 9.17) is 5.11 Å². The molecular formula is C7H6F2O2. The summed E-state index contributed by atoms with van der Waals surface area (Å²) in [5.41, 5.74) is 0. The highest BCUT2D eigenvalue weighted by Gasteiger charge is 2.11. The van der Waals surface area contributed by atoms with Crippen LogP contribution < -0.4 is 4.74 Å². The topological polar surface area (TPSA) is 29.5 Å². The van der Waals surface area contributed by atoms with Crippen molar-refractivity contribution in [3.63, 3.8) is 0 Å². The van der Waals surface area contributed by atoms with E-state index in [0.29, 0.717) is 0 Å². The molecule has 0 aliphatic rings. The van der Waals surface area contributed by atoms with Crippen LogP contribution >= 0.6 is 0 Å². The first-order chi connectivity index (χ1) is 5.16. The molecule has 0 spiro atoms. The second-order valence-corrected chi connectivity index (χ2v) is 1.91. The van der Waals surface area contributed by atoms with Crippen molar-refractivity contribution in [2.45, 2.75) is 0 Å². The van der Waals surface area contributed by atoms with Crippen LogP contribution in [0, 0.1) is 11.6 Å². The van der Waals surface area contributed by atoms with Gasteiger partial charge in [0.25, 0.3) is 0 Å². The predicted octanol–water partition coefficient (Wildman–Crippen LogP) is 1.68. The van der Waals surface area contributed by atoms with Crippen molar-refractivity contribution in [1.29, 1.82) is 0 Å². The molecule has 0 aliphatic carbocycles. The summed E-state index contributed by atoms with van der Waals surface area (Å²) in [7, 11) is 1.23. The fraction of sp³-hybridized carbons (Fsp3) is 0.143. The molecule has 0 bridgehead atoms. The molecule has 0 aliphatic heterocycles. The summed E-state index contributed by atoms with van der Waals surface area (Å²) in [5.74, 6) is -3.26. The average Bonchev–Trinajstić information content (AvgIpc) is 2.01. The lowest BCUT2D eigenvalue weighted by atomic mass is 10.3. The summed E-state index contributed by atoms with van der Waals surface area (Å²) in [6.07, 6.45) is 0. The molecule has 11 heavy (non-hydrogen) atoms. The number of phenols is 1. The van der Waals surface area contributed by atoms with Crippen LogP contribution in [0.5, 0.6) is 11.5 Å². The van der Waals surface area contributed by atoms with E-state index >= 15 is 0 Å². The first kappa shape index (κ1) is 7.78. The van der Waals surface area contributed by atoms with Crippen molar-refractivity contribution in [2.75, 3.05) is 7.11 Å². The van der Waals surface area contributed by atoms with Gasteiger partial charge in [-0.2, -0.15) is 4.39 Å². The third-order valence-corrected chi connectivity index (χ3v) is 1.25. The van der Waals surface area contributed by atoms with E-state index in [1.165, 1.54) is 7.11 Å². The molecule has 1 aromatic carbocycles. The Morgan fingerprint density at radius 2 is 2.00 bits per heavy atom. The lowest BCUT2D eigenvalue weighted by Gasteiger charge is -2.02. The molecule has 0 saturated heterocycles. The Hall–Kier alpha value is -1.32. The molecule has 0 aromatic heterocycles. The van der Waals surface area contributed by atoms with Gasteiger partial charge in [0.05, 0.1) is 7.11 Å².